The Balaban J connectivity index is 0.00000162. The molecule has 0 spiro atoms. The zero-order valence-corrected chi connectivity index (χ0v) is 11.0. The van der Waals surface area contributed by atoms with Gasteiger partial charge in [-0.15, -0.1) is 12.4 Å². The zero-order chi connectivity index (χ0) is 12.6. The van der Waals surface area contributed by atoms with Crippen molar-refractivity contribution in [3.05, 3.63) is 23.8 Å². The van der Waals surface area contributed by atoms with Crippen molar-refractivity contribution in [1.82, 2.24) is 5.32 Å². The summed E-state index contributed by atoms with van der Waals surface area (Å²) in [6, 6.07) is 3.99. The molecule has 1 aliphatic heterocycles. The standard InChI is InChI=1S/C12H15NO4.ClH/c1-12(2)6-17-11(16)13-10(12)7-3-8(14)5-9(15)4-7;/h3-5,10,14-15H,6H2,1-2H3,(H,13,16);1H/t10-;/m1./s1. The minimum absolute atomic E-state index is 0. The van der Waals surface area contributed by atoms with Crippen LogP contribution in [0.4, 0.5) is 4.79 Å². The third-order valence-electron chi connectivity index (χ3n) is 2.88. The number of phenols is 2. The van der Waals surface area contributed by atoms with Gasteiger partial charge in [-0.25, -0.2) is 4.79 Å². The van der Waals surface area contributed by atoms with Gasteiger partial charge >= 0.3 is 6.09 Å². The number of alkyl carbamates (subject to hydrolysis) is 1. The second-order valence-corrected chi connectivity index (χ2v) is 4.92. The topological polar surface area (TPSA) is 78.8 Å². The number of hydrogen-bond acceptors (Lipinski definition) is 4. The molecule has 5 nitrogen and oxygen atoms in total. The van der Waals surface area contributed by atoms with Crippen LogP contribution in [0, 0.1) is 5.41 Å². The number of phenolic OH excluding ortho intramolecular Hbond substituents is 2. The molecule has 0 radical (unpaired) electrons. The van der Waals surface area contributed by atoms with E-state index in [0.717, 1.165) is 0 Å². The van der Waals surface area contributed by atoms with E-state index in [0.29, 0.717) is 12.2 Å². The molecule has 1 aliphatic rings. The molecular formula is C12H16ClNO4. The van der Waals surface area contributed by atoms with E-state index < -0.39 is 6.09 Å². The van der Waals surface area contributed by atoms with Gasteiger partial charge in [-0.05, 0) is 17.7 Å². The summed E-state index contributed by atoms with van der Waals surface area (Å²) in [5.74, 6) is -0.0620. The summed E-state index contributed by atoms with van der Waals surface area (Å²) in [7, 11) is 0. The number of ether oxygens (including phenoxy) is 1. The molecule has 0 aromatic heterocycles. The third-order valence-corrected chi connectivity index (χ3v) is 2.88. The molecular weight excluding hydrogens is 258 g/mol. The van der Waals surface area contributed by atoms with Gasteiger partial charge in [-0.3, -0.25) is 0 Å². The summed E-state index contributed by atoms with van der Waals surface area (Å²) in [5, 5.41) is 21.6. The molecule has 1 aromatic rings. The van der Waals surface area contributed by atoms with E-state index in [1.807, 2.05) is 13.8 Å². The van der Waals surface area contributed by atoms with Gasteiger partial charge in [0.25, 0.3) is 0 Å². The van der Waals surface area contributed by atoms with Gasteiger partial charge in [0.05, 0.1) is 6.04 Å². The van der Waals surface area contributed by atoms with Gasteiger partial charge < -0.3 is 20.3 Å². The van der Waals surface area contributed by atoms with E-state index in [2.05, 4.69) is 5.32 Å². The Morgan fingerprint density at radius 1 is 1.28 bits per heavy atom. The Hall–Kier alpha value is -1.62. The third kappa shape index (κ3) is 2.79. The highest BCUT2D eigenvalue weighted by Crippen LogP contribution is 2.38. The molecule has 1 atom stereocenters. The van der Waals surface area contributed by atoms with E-state index in [9.17, 15) is 15.0 Å². The van der Waals surface area contributed by atoms with Crippen molar-refractivity contribution in [3.8, 4) is 11.5 Å². The Kier molecular flexibility index (Phi) is 3.96. The largest absolute Gasteiger partial charge is 0.508 e. The molecule has 0 saturated carbocycles. The van der Waals surface area contributed by atoms with E-state index in [4.69, 9.17) is 4.74 Å². The number of aromatic hydroxyl groups is 2. The number of nitrogens with one attached hydrogen (secondary N) is 1. The summed E-state index contributed by atoms with van der Waals surface area (Å²) in [4.78, 5) is 11.2. The number of carbonyl (C=O) groups is 1. The maximum atomic E-state index is 11.2. The molecule has 1 aromatic carbocycles. The molecule has 1 fully saturated rings. The number of amides is 1. The molecule has 1 amide bonds. The van der Waals surface area contributed by atoms with Crippen molar-refractivity contribution < 1.29 is 19.7 Å². The average molecular weight is 274 g/mol. The molecule has 6 heteroatoms. The smallest absolute Gasteiger partial charge is 0.407 e. The van der Waals surface area contributed by atoms with Crippen LogP contribution in [0.15, 0.2) is 18.2 Å². The van der Waals surface area contributed by atoms with E-state index in [-0.39, 0.29) is 35.4 Å². The molecule has 0 unspecified atom stereocenters. The number of carbonyl (C=O) groups excluding carboxylic acids is 1. The van der Waals surface area contributed by atoms with Crippen LogP contribution >= 0.6 is 12.4 Å². The lowest BCUT2D eigenvalue weighted by molar-refractivity contribution is 0.0386. The fourth-order valence-electron chi connectivity index (χ4n) is 2.01. The minimum atomic E-state index is -0.489. The maximum Gasteiger partial charge on any atom is 0.407 e. The highest BCUT2D eigenvalue weighted by molar-refractivity contribution is 5.85. The normalized spacial score (nSPS) is 21.4. The summed E-state index contributed by atoms with van der Waals surface area (Å²) in [6.07, 6.45) is -0.489. The van der Waals surface area contributed by atoms with E-state index >= 15 is 0 Å². The lowest BCUT2D eigenvalue weighted by atomic mass is 9.80. The number of cyclic esters (lactones) is 1. The van der Waals surface area contributed by atoms with Crippen molar-refractivity contribution in [2.24, 2.45) is 5.41 Å². The van der Waals surface area contributed by atoms with Crippen molar-refractivity contribution in [2.75, 3.05) is 6.61 Å². The van der Waals surface area contributed by atoms with Crippen LogP contribution in [0.3, 0.4) is 0 Å². The predicted molar refractivity (Wildman–Crippen MR) is 68.0 cm³/mol. The zero-order valence-electron chi connectivity index (χ0n) is 10.1. The van der Waals surface area contributed by atoms with Gasteiger partial charge in [0.2, 0.25) is 0 Å². The van der Waals surface area contributed by atoms with Gasteiger partial charge in [-0.2, -0.15) is 0 Å². The van der Waals surface area contributed by atoms with Gasteiger partial charge in [0.15, 0.2) is 0 Å². The molecule has 0 bridgehead atoms. The Bertz CT molecular complexity index is 441. The molecule has 0 aliphatic carbocycles. The SMILES string of the molecule is CC1(C)COC(=O)N[C@@H]1c1cc(O)cc(O)c1.Cl. The second kappa shape index (κ2) is 4.94. The highest BCUT2D eigenvalue weighted by atomic mass is 35.5. The van der Waals surface area contributed by atoms with Crippen molar-refractivity contribution in [2.45, 2.75) is 19.9 Å². The van der Waals surface area contributed by atoms with Crippen LogP contribution in [-0.4, -0.2) is 22.9 Å². The first kappa shape index (κ1) is 14.4. The summed E-state index contributed by atoms with van der Waals surface area (Å²) in [5.41, 5.74) is 0.345. The second-order valence-electron chi connectivity index (χ2n) is 4.92. The van der Waals surface area contributed by atoms with Crippen molar-refractivity contribution in [1.29, 1.82) is 0 Å². The van der Waals surface area contributed by atoms with Crippen LogP contribution in [0.1, 0.15) is 25.5 Å². The fourth-order valence-corrected chi connectivity index (χ4v) is 2.01. The fraction of sp³-hybridized carbons (Fsp3) is 0.417. The van der Waals surface area contributed by atoms with Crippen LogP contribution in [0.2, 0.25) is 0 Å². The Morgan fingerprint density at radius 3 is 2.39 bits per heavy atom. The Morgan fingerprint density at radius 2 is 1.83 bits per heavy atom. The van der Waals surface area contributed by atoms with Gasteiger partial charge in [0.1, 0.15) is 18.1 Å². The van der Waals surface area contributed by atoms with Crippen LogP contribution in [0.25, 0.3) is 0 Å². The quantitative estimate of drug-likeness (QED) is 0.734. The first-order chi connectivity index (χ1) is 7.88. The monoisotopic (exact) mass is 273 g/mol. The first-order valence-corrected chi connectivity index (χ1v) is 5.35. The molecule has 18 heavy (non-hydrogen) atoms. The number of rotatable bonds is 1. The number of hydrogen-bond donors (Lipinski definition) is 3. The lowest BCUT2D eigenvalue weighted by Crippen LogP contribution is -2.46. The lowest BCUT2D eigenvalue weighted by Gasteiger charge is -2.38. The van der Waals surface area contributed by atoms with Crippen LogP contribution < -0.4 is 5.32 Å². The van der Waals surface area contributed by atoms with E-state index in [1.54, 1.807) is 0 Å². The summed E-state index contributed by atoms with van der Waals surface area (Å²) >= 11 is 0. The highest BCUT2D eigenvalue weighted by Gasteiger charge is 2.38. The molecule has 100 valence electrons. The minimum Gasteiger partial charge on any atom is -0.508 e. The van der Waals surface area contributed by atoms with Gasteiger partial charge in [0, 0.05) is 11.5 Å². The van der Waals surface area contributed by atoms with Crippen LogP contribution in [-0.2, 0) is 4.74 Å². The Labute approximate surface area is 111 Å². The number of halogens is 1. The molecule has 1 saturated heterocycles. The summed E-state index contributed by atoms with van der Waals surface area (Å²) < 4.78 is 4.93. The first-order valence-electron chi connectivity index (χ1n) is 5.35. The predicted octanol–water partition coefficient (Wildman–Crippen LogP) is 2.33. The van der Waals surface area contributed by atoms with Crippen molar-refractivity contribution in [3.63, 3.8) is 0 Å². The molecule has 1 heterocycles. The summed E-state index contributed by atoms with van der Waals surface area (Å²) in [6.45, 7) is 4.18. The van der Waals surface area contributed by atoms with Crippen LogP contribution in [0.5, 0.6) is 11.5 Å². The van der Waals surface area contributed by atoms with E-state index in [1.165, 1.54) is 18.2 Å². The maximum absolute atomic E-state index is 11.2. The number of benzene rings is 1. The van der Waals surface area contributed by atoms with Gasteiger partial charge in [-0.1, -0.05) is 13.8 Å². The molecule has 2 rings (SSSR count). The van der Waals surface area contributed by atoms with Crippen molar-refractivity contribution >= 4 is 18.5 Å². The average Bonchev–Trinajstić information content (AvgIpc) is 2.20. The molecule has 3 N–H and O–H groups in total.